The molecule has 2 aliphatic carbocycles. The molecule has 134 valence electrons. The highest BCUT2D eigenvalue weighted by atomic mass is 16.2. The molecule has 1 saturated heterocycles. The van der Waals surface area contributed by atoms with Crippen LogP contribution in [0.5, 0.6) is 0 Å². The van der Waals surface area contributed by atoms with Crippen LogP contribution in [0, 0.1) is 5.92 Å². The molecular formula is C18H29N3O3. The summed E-state index contributed by atoms with van der Waals surface area (Å²) >= 11 is 0. The van der Waals surface area contributed by atoms with Crippen LogP contribution in [0.1, 0.15) is 71.1 Å². The SMILES string of the molecule is C[C@@H]1CCCC[C@]12NC(=O)N(CC(=O)NC1CCCCCC1)C2=O. The summed E-state index contributed by atoms with van der Waals surface area (Å²) in [6, 6.07) is -0.229. The molecule has 1 aliphatic heterocycles. The van der Waals surface area contributed by atoms with Crippen molar-refractivity contribution in [3.05, 3.63) is 0 Å². The minimum atomic E-state index is -0.780. The molecule has 3 aliphatic rings. The van der Waals surface area contributed by atoms with Gasteiger partial charge in [-0.25, -0.2) is 4.79 Å². The number of rotatable bonds is 3. The van der Waals surface area contributed by atoms with Crippen LogP contribution >= 0.6 is 0 Å². The Labute approximate surface area is 143 Å². The summed E-state index contributed by atoms with van der Waals surface area (Å²) in [5.74, 6) is -0.306. The van der Waals surface area contributed by atoms with Gasteiger partial charge >= 0.3 is 6.03 Å². The van der Waals surface area contributed by atoms with E-state index in [0.717, 1.165) is 49.8 Å². The van der Waals surface area contributed by atoms with Gasteiger partial charge in [0.05, 0.1) is 0 Å². The molecule has 2 atom stereocenters. The van der Waals surface area contributed by atoms with Gasteiger partial charge in [-0.1, -0.05) is 45.4 Å². The Kier molecular flexibility index (Phi) is 5.11. The molecule has 1 spiro atoms. The van der Waals surface area contributed by atoms with E-state index >= 15 is 0 Å². The van der Waals surface area contributed by atoms with Crippen LogP contribution < -0.4 is 10.6 Å². The summed E-state index contributed by atoms with van der Waals surface area (Å²) in [7, 11) is 0. The van der Waals surface area contributed by atoms with E-state index in [1.165, 1.54) is 12.8 Å². The minimum absolute atomic E-state index is 0.123. The van der Waals surface area contributed by atoms with Gasteiger partial charge in [0, 0.05) is 6.04 Å². The van der Waals surface area contributed by atoms with E-state index in [9.17, 15) is 14.4 Å². The molecule has 0 aromatic heterocycles. The van der Waals surface area contributed by atoms with Crippen molar-refractivity contribution in [2.75, 3.05) is 6.54 Å². The molecule has 0 bridgehead atoms. The van der Waals surface area contributed by atoms with Crippen LogP contribution in [0.25, 0.3) is 0 Å². The lowest BCUT2D eigenvalue weighted by molar-refractivity contribution is -0.137. The van der Waals surface area contributed by atoms with Gasteiger partial charge < -0.3 is 10.6 Å². The first-order valence-electron chi connectivity index (χ1n) is 9.46. The van der Waals surface area contributed by atoms with Gasteiger partial charge in [0.15, 0.2) is 0 Å². The number of nitrogens with zero attached hydrogens (tertiary/aromatic N) is 1. The van der Waals surface area contributed by atoms with Crippen molar-refractivity contribution >= 4 is 17.8 Å². The molecule has 1 heterocycles. The van der Waals surface area contributed by atoms with Crippen molar-refractivity contribution in [1.29, 1.82) is 0 Å². The zero-order valence-electron chi connectivity index (χ0n) is 14.6. The Balaban J connectivity index is 1.61. The fraction of sp³-hybridized carbons (Fsp3) is 0.833. The number of carbonyl (C=O) groups is 3. The summed E-state index contributed by atoms with van der Waals surface area (Å²) in [4.78, 5) is 38.6. The van der Waals surface area contributed by atoms with Crippen LogP contribution in [0.2, 0.25) is 0 Å². The summed E-state index contributed by atoms with van der Waals surface area (Å²) in [6.45, 7) is 1.86. The molecule has 0 aromatic carbocycles. The van der Waals surface area contributed by atoms with Crippen molar-refractivity contribution in [3.63, 3.8) is 0 Å². The molecule has 3 rings (SSSR count). The number of urea groups is 1. The van der Waals surface area contributed by atoms with Gasteiger partial charge in [0.1, 0.15) is 12.1 Å². The topological polar surface area (TPSA) is 78.5 Å². The number of hydrogen-bond acceptors (Lipinski definition) is 3. The lowest BCUT2D eigenvalue weighted by Gasteiger charge is -2.36. The number of hydrogen-bond donors (Lipinski definition) is 2. The number of imide groups is 1. The average Bonchev–Trinajstić information content (AvgIpc) is 2.75. The summed E-state index contributed by atoms with van der Waals surface area (Å²) in [5, 5.41) is 5.91. The zero-order valence-corrected chi connectivity index (χ0v) is 14.6. The second-order valence-corrected chi connectivity index (χ2v) is 7.70. The highest BCUT2D eigenvalue weighted by molar-refractivity contribution is 6.09. The fourth-order valence-electron chi connectivity index (χ4n) is 4.48. The van der Waals surface area contributed by atoms with E-state index in [4.69, 9.17) is 0 Å². The first-order chi connectivity index (χ1) is 11.5. The molecule has 0 radical (unpaired) electrons. The van der Waals surface area contributed by atoms with Crippen molar-refractivity contribution in [3.8, 4) is 0 Å². The second kappa shape index (κ2) is 7.11. The molecule has 3 fully saturated rings. The average molecular weight is 335 g/mol. The highest BCUT2D eigenvalue weighted by Crippen LogP contribution is 2.38. The first kappa shape index (κ1) is 17.2. The normalized spacial score (nSPS) is 31.9. The van der Waals surface area contributed by atoms with Gasteiger partial charge in [-0.2, -0.15) is 0 Å². The maximum atomic E-state index is 12.8. The molecule has 24 heavy (non-hydrogen) atoms. The van der Waals surface area contributed by atoms with Crippen LogP contribution in [-0.4, -0.2) is 40.9 Å². The maximum absolute atomic E-state index is 12.8. The quantitative estimate of drug-likeness (QED) is 0.614. The third-order valence-corrected chi connectivity index (χ3v) is 6.02. The van der Waals surface area contributed by atoms with Gasteiger partial charge in [0.2, 0.25) is 5.91 Å². The van der Waals surface area contributed by atoms with E-state index in [2.05, 4.69) is 10.6 Å². The van der Waals surface area contributed by atoms with Crippen LogP contribution in [0.15, 0.2) is 0 Å². The highest BCUT2D eigenvalue weighted by Gasteiger charge is 2.55. The first-order valence-corrected chi connectivity index (χ1v) is 9.46. The Bertz CT molecular complexity index is 514. The molecule has 2 N–H and O–H groups in total. The third kappa shape index (κ3) is 3.28. The monoisotopic (exact) mass is 335 g/mol. The standard InChI is InChI=1S/C18H29N3O3/c1-13-8-6-7-11-18(13)16(23)21(17(24)20-18)12-15(22)19-14-9-4-2-3-5-10-14/h13-14H,2-12H2,1H3,(H,19,22)(H,20,24)/t13-,18+/m1/s1. The van der Waals surface area contributed by atoms with Crippen LogP contribution in [-0.2, 0) is 9.59 Å². The lowest BCUT2D eigenvalue weighted by Crippen LogP contribution is -2.54. The minimum Gasteiger partial charge on any atom is -0.352 e. The van der Waals surface area contributed by atoms with Crippen molar-refractivity contribution in [2.45, 2.75) is 82.7 Å². The predicted molar refractivity (Wildman–Crippen MR) is 90.2 cm³/mol. The maximum Gasteiger partial charge on any atom is 0.325 e. The Morgan fingerprint density at radius 3 is 2.46 bits per heavy atom. The number of carbonyl (C=O) groups excluding carboxylic acids is 3. The van der Waals surface area contributed by atoms with E-state index in [0.29, 0.717) is 6.42 Å². The number of amides is 4. The Morgan fingerprint density at radius 2 is 1.79 bits per heavy atom. The van der Waals surface area contributed by atoms with Crippen molar-refractivity contribution in [2.24, 2.45) is 5.92 Å². The van der Waals surface area contributed by atoms with Gasteiger partial charge in [-0.3, -0.25) is 14.5 Å². The lowest BCUT2D eigenvalue weighted by atomic mass is 9.73. The Morgan fingerprint density at radius 1 is 1.12 bits per heavy atom. The zero-order chi connectivity index (χ0) is 17.2. The smallest absolute Gasteiger partial charge is 0.325 e. The van der Waals surface area contributed by atoms with Crippen LogP contribution in [0.4, 0.5) is 4.79 Å². The van der Waals surface area contributed by atoms with E-state index in [1.807, 2.05) is 6.92 Å². The molecule has 6 nitrogen and oxygen atoms in total. The summed E-state index contributed by atoms with van der Waals surface area (Å²) in [5.41, 5.74) is -0.780. The number of nitrogens with one attached hydrogen (secondary N) is 2. The molecule has 2 saturated carbocycles. The van der Waals surface area contributed by atoms with E-state index in [-0.39, 0.29) is 30.3 Å². The summed E-state index contributed by atoms with van der Waals surface area (Å²) in [6.07, 6.45) is 10.4. The predicted octanol–water partition coefficient (Wildman–Crippen LogP) is 2.33. The van der Waals surface area contributed by atoms with Gasteiger partial charge in [-0.15, -0.1) is 0 Å². The van der Waals surface area contributed by atoms with E-state index < -0.39 is 11.6 Å². The van der Waals surface area contributed by atoms with Gasteiger partial charge in [-0.05, 0) is 31.6 Å². The molecule has 6 heteroatoms. The molecular weight excluding hydrogens is 306 g/mol. The second-order valence-electron chi connectivity index (χ2n) is 7.70. The largest absolute Gasteiger partial charge is 0.352 e. The van der Waals surface area contributed by atoms with Gasteiger partial charge in [0.25, 0.3) is 5.91 Å². The third-order valence-electron chi connectivity index (χ3n) is 6.02. The van der Waals surface area contributed by atoms with E-state index in [1.54, 1.807) is 0 Å². The van der Waals surface area contributed by atoms with Crippen molar-refractivity contribution in [1.82, 2.24) is 15.5 Å². The van der Waals surface area contributed by atoms with Crippen molar-refractivity contribution < 1.29 is 14.4 Å². The fourth-order valence-corrected chi connectivity index (χ4v) is 4.48. The van der Waals surface area contributed by atoms with Crippen LogP contribution in [0.3, 0.4) is 0 Å². The molecule has 0 unspecified atom stereocenters. The summed E-state index contributed by atoms with van der Waals surface area (Å²) < 4.78 is 0. The Hall–Kier alpha value is -1.59. The molecule has 4 amide bonds. The molecule has 0 aromatic rings.